The Hall–Kier alpha value is -6.11. The maximum absolute atomic E-state index is 5.58. The number of aryl methyl sites for hydroxylation is 3. The predicted molar refractivity (Wildman–Crippen MR) is 255 cm³/mol. The van der Waals surface area contributed by atoms with Crippen LogP contribution in [0.25, 0.3) is 38.6 Å². The van der Waals surface area contributed by atoms with Gasteiger partial charge in [-0.25, -0.2) is 0 Å². The largest absolute Gasteiger partial charge is 0.399 e. The van der Waals surface area contributed by atoms with E-state index in [2.05, 4.69) is 188 Å². The minimum absolute atomic E-state index is 0.760. The van der Waals surface area contributed by atoms with Gasteiger partial charge >= 0.3 is 0 Å². The third-order valence-electron chi connectivity index (χ3n) is 9.37. The van der Waals surface area contributed by atoms with E-state index in [4.69, 9.17) is 5.73 Å². The molecular formula is C53H58N4S. The summed E-state index contributed by atoms with van der Waals surface area (Å²) in [6.45, 7) is 13.5. The fraction of sp³-hybridized carbons (Fsp3) is 0.132. The van der Waals surface area contributed by atoms with Crippen LogP contribution in [0, 0.1) is 6.92 Å². The lowest BCUT2D eigenvalue weighted by atomic mass is 10.0. The molecule has 1 heterocycles. The number of hydrazine groups is 1. The number of nitrogens with zero attached hydrogens (tertiary/aromatic N) is 1. The van der Waals surface area contributed by atoms with E-state index in [0.717, 1.165) is 31.4 Å². The molecule has 0 amide bonds. The molecule has 0 saturated carbocycles. The van der Waals surface area contributed by atoms with E-state index in [1.54, 1.807) is 12.2 Å². The van der Waals surface area contributed by atoms with Crippen LogP contribution in [0.15, 0.2) is 217 Å². The molecule has 7 aromatic rings. The summed E-state index contributed by atoms with van der Waals surface area (Å²) < 4.78 is 2.41. The van der Waals surface area contributed by atoms with Crippen LogP contribution in [0.4, 0.5) is 0 Å². The van der Waals surface area contributed by atoms with Crippen molar-refractivity contribution in [1.29, 1.82) is 0 Å². The summed E-state index contributed by atoms with van der Waals surface area (Å²) in [5, 5.41) is 2.55. The lowest BCUT2D eigenvalue weighted by Crippen LogP contribution is -2.02. The van der Waals surface area contributed by atoms with Crippen LogP contribution < -0.4 is 17.4 Å². The van der Waals surface area contributed by atoms with Gasteiger partial charge in [-0.3, -0.25) is 11.7 Å². The average molecular weight is 783 g/mol. The average Bonchev–Trinajstić information content (AvgIpc) is 3.61. The summed E-state index contributed by atoms with van der Waals surface area (Å²) in [5.74, 6) is 8.00. The lowest BCUT2D eigenvalue weighted by Gasteiger charge is -2.13. The van der Waals surface area contributed by atoms with Crippen LogP contribution >= 0.6 is 11.8 Å². The Labute approximate surface area is 350 Å². The van der Waals surface area contributed by atoms with Crippen LogP contribution in [0.3, 0.4) is 0 Å². The van der Waals surface area contributed by atoms with Crippen molar-refractivity contribution in [2.24, 2.45) is 17.4 Å². The normalized spacial score (nSPS) is 11.0. The minimum Gasteiger partial charge on any atom is -0.399 e. The fourth-order valence-electron chi connectivity index (χ4n) is 6.51. The SMILES string of the molecule is C=C/C(N)=C\CCc1ccccc1.C=C/C=C\C=C/CCc1ccc(-n2c3ccccc3c3ccc(-c4ccccc4Sc4ccccc4C)cc32)cc1.CC.NN. The van der Waals surface area contributed by atoms with Gasteiger partial charge in [-0.05, 0) is 103 Å². The van der Waals surface area contributed by atoms with Crippen LogP contribution in [0.1, 0.15) is 43.4 Å². The number of aromatic nitrogens is 1. The molecule has 7 rings (SSSR count). The number of hydrogen-bond donors (Lipinski definition) is 3. The van der Waals surface area contributed by atoms with E-state index in [9.17, 15) is 0 Å². The Balaban J connectivity index is 0.000000370. The number of nitrogens with two attached hydrogens (primary N) is 3. The minimum atomic E-state index is 0.760. The van der Waals surface area contributed by atoms with Gasteiger partial charge in [0.1, 0.15) is 0 Å². The summed E-state index contributed by atoms with van der Waals surface area (Å²) in [6.07, 6.45) is 17.8. The van der Waals surface area contributed by atoms with E-state index >= 15 is 0 Å². The smallest absolute Gasteiger partial charge is 0.0547 e. The molecule has 5 heteroatoms. The third-order valence-corrected chi connectivity index (χ3v) is 10.6. The van der Waals surface area contributed by atoms with E-state index in [1.807, 2.05) is 49.9 Å². The van der Waals surface area contributed by atoms with Gasteiger partial charge in [0.05, 0.1) is 11.0 Å². The summed E-state index contributed by atoms with van der Waals surface area (Å²) in [6, 6.07) is 52.4. The van der Waals surface area contributed by atoms with Gasteiger partial charge < -0.3 is 10.3 Å². The molecule has 58 heavy (non-hydrogen) atoms. The highest BCUT2D eigenvalue weighted by Gasteiger charge is 2.15. The molecule has 0 fully saturated rings. The Morgan fingerprint density at radius 2 is 1.24 bits per heavy atom. The maximum Gasteiger partial charge on any atom is 0.0547 e. The second-order valence-corrected chi connectivity index (χ2v) is 14.2. The monoisotopic (exact) mass is 782 g/mol. The van der Waals surface area contributed by atoms with Gasteiger partial charge in [0.2, 0.25) is 0 Å². The van der Waals surface area contributed by atoms with Gasteiger partial charge in [-0.15, -0.1) is 0 Å². The first-order valence-electron chi connectivity index (χ1n) is 19.9. The molecule has 0 aliphatic carbocycles. The highest BCUT2D eigenvalue weighted by atomic mass is 32.2. The maximum atomic E-state index is 5.58. The summed E-state index contributed by atoms with van der Waals surface area (Å²) in [5.41, 5.74) is 16.4. The van der Waals surface area contributed by atoms with Crippen molar-refractivity contribution in [2.45, 2.75) is 56.2 Å². The zero-order valence-corrected chi connectivity index (χ0v) is 35.0. The zero-order chi connectivity index (χ0) is 41.5. The molecule has 0 unspecified atom stereocenters. The topological polar surface area (TPSA) is 83.0 Å². The van der Waals surface area contributed by atoms with E-state index < -0.39 is 0 Å². The number of benzene rings is 6. The molecule has 0 radical (unpaired) electrons. The molecule has 6 N–H and O–H groups in total. The number of hydrogen-bond acceptors (Lipinski definition) is 4. The van der Waals surface area contributed by atoms with Gasteiger partial charge in [0, 0.05) is 31.9 Å². The molecule has 4 nitrogen and oxygen atoms in total. The highest BCUT2D eigenvalue weighted by molar-refractivity contribution is 7.99. The van der Waals surface area contributed by atoms with Crippen molar-refractivity contribution in [3.63, 3.8) is 0 Å². The van der Waals surface area contributed by atoms with E-state index in [1.165, 1.54) is 65.1 Å². The molecule has 0 bridgehead atoms. The van der Waals surface area contributed by atoms with Crippen molar-refractivity contribution in [3.8, 4) is 16.8 Å². The number of rotatable bonds is 13. The third kappa shape index (κ3) is 12.4. The zero-order valence-electron chi connectivity index (χ0n) is 34.2. The lowest BCUT2D eigenvalue weighted by molar-refractivity contribution is 0.991. The number of allylic oxidation sites excluding steroid dienone is 7. The quantitative estimate of drug-likeness (QED) is 0.0618. The summed E-state index contributed by atoms with van der Waals surface area (Å²) >= 11 is 1.84. The van der Waals surface area contributed by atoms with Crippen molar-refractivity contribution >= 4 is 33.6 Å². The Bertz CT molecular complexity index is 2420. The van der Waals surface area contributed by atoms with Gasteiger partial charge in [0.15, 0.2) is 0 Å². The van der Waals surface area contributed by atoms with Crippen LogP contribution in [0.5, 0.6) is 0 Å². The molecule has 0 spiro atoms. The Kier molecular flexibility index (Phi) is 18.8. The van der Waals surface area contributed by atoms with E-state index in [0.29, 0.717) is 0 Å². The van der Waals surface area contributed by atoms with Crippen molar-refractivity contribution in [3.05, 3.63) is 224 Å². The first-order valence-corrected chi connectivity index (χ1v) is 20.7. The number of para-hydroxylation sites is 1. The second kappa shape index (κ2) is 24.5. The molecular weight excluding hydrogens is 725 g/mol. The first-order chi connectivity index (χ1) is 28.6. The van der Waals surface area contributed by atoms with Crippen molar-refractivity contribution in [2.75, 3.05) is 0 Å². The van der Waals surface area contributed by atoms with Gasteiger partial charge in [0.25, 0.3) is 0 Å². The molecule has 1 aromatic heterocycles. The van der Waals surface area contributed by atoms with Crippen LogP contribution in [0.2, 0.25) is 0 Å². The van der Waals surface area contributed by atoms with Gasteiger partial charge in [-0.1, -0.05) is 184 Å². The van der Waals surface area contributed by atoms with Crippen molar-refractivity contribution < 1.29 is 0 Å². The van der Waals surface area contributed by atoms with Crippen LogP contribution in [-0.2, 0) is 12.8 Å². The molecule has 6 aromatic carbocycles. The summed E-state index contributed by atoms with van der Waals surface area (Å²) in [4.78, 5) is 2.56. The Morgan fingerprint density at radius 3 is 1.97 bits per heavy atom. The molecule has 0 aliphatic heterocycles. The van der Waals surface area contributed by atoms with Crippen LogP contribution in [-0.4, -0.2) is 4.57 Å². The molecule has 0 saturated heterocycles. The predicted octanol–water partition coefficient (Wildman–Crippen LogP) is 13.6. The van der Waals surface area contributed by atoms with E-state index in [-0.39, 0.29) is 0 Å². The van der Waals surface area contributed by atoms with Gasteiger partial charge in [-0.2, -0.15) is 0 Å². The molecule has 296 valence electrons. The molecule has 0 aliphatic rings. The first kappa shape index (κ1) is 44.6. The van der Waals surface area contributed by atoms with Crippen molar-refractivity contribution in [1.82, 2.24) is 4.57 Å². The fourth-order valence-corrected chi connectivity index (χ4v) is 7.57. The second-order valence-electron chi connectivity index (χ2n) is 13.1. The number of fused-ring (bicyclic) bond motifs is 3. The standard InChI is InChI=1S/C39H33NS.C12H15N.C2H6.H4N2/c1-3-4-5-6-7-8-16-30-22-25-32(26-23-30)40-36-19-12-10-18-34(36)35-27-24-31(28-37(35)40)33-17-11-14-21-39(33)41-38-20-13-9-15-29(38)2;1-2-12(13)10-6-9-11-7-4-3-5-8-11;2*1-2/h3-7,9-15,17-28H,1,8,16H2,2H3;2-5,7-8,10H,1,6,9,13H2;1-2H3;1-2H2/b5-4-,7-6-;12-10+;;. The summed E-state index contributed by atoms with van der Waals surface area (Å²) in [7, 11) is 0. The highest BCUT2D eigenvalue weighted by Crippen LogP contribution is 2.40. The Morgan fingerprint density at radius 1 is 0.621 bits per heavy atom. The molecule has 0 atom stereocenters.